The molecule has 1 aliphatic heterocycles. The first-order chi connectivity index (χ1) is 18.1. The molecule has 1 heterocycles. The Kier molecular flexibility index (Phi) is 8.89. The number of morpholine rings is 1. The van der Waals surface area contributed by atoms with Crippen molar-refractivity contribution in [2.75, 3.05) is 37.8 Å². The van der Waals surface area contributed by atoms with E-state index in [0.29, 0.717) is 24.5 Å². The van der Waals surface area contributed by atoms with E-state index < -0.39 is 4.92 Å². The number of rotatable bonds is 11. The lowest BCUT2D eigenvalue weighted by Crippen LogP contribution is -2.36. The number of nitro groups is 1. The van der Waals surface area contributed by atoms with Gasteiger partial charge in [0, 0.05) is 42.7 Å². The molecule has 0 aromatic heterocycles. The van der Waals surface area contributed by atoms with E-state index >= 15 is 0 Å². The lowest BCUT2D eigenvalue weighted by Gasteiger charge is -2.28. The number of hydrogen-bond donors (Lipinski definition) is 0. The highest BCUT2D eigenvalue weighted by Gasteiger charge is 2.14. The first-order valence-electron chi connectivity index (χ1n) is 12.3. The lowest BCUT2D eigenvalue weighted by molar-refractivity contribution is -0.384. The van der Waals surface area contributed by atoms with Gasteiger partial charge in [-0.15, -0.1) is 6.58 Å². The molecule has 1 fully saturated rings. The summed E-state index contributed by atoms with van der Waals surface area (Å²) in [6.07, 6.45) is 4.22. The Balaban J connectivity index is 1.52. The molecular weight excluding hydrogens is 470 g/mol. The zero-order chi connectivity index (χ0) is 26.0. The number of nitro benzene ring substituents is 1. The molecular formula is C29H31N3O5. The predicted molar refractivity (Wildman–Crippen MR) is 146 cm³/mol. The van der Waals surface area contributed by atoms with E-state index in [-0.39, 0.29) is 12.3 Å². The van der Waals surface area contributed by atoms with Gasteiger partial charge in [-0.1, -0.05) is 6.08 Å². The molecule has 0 aliphatic carbocycles. The van der Waals surface area contributed by atoms with Crippen molar-refractivity contribution in [1.29, 1.82) is 0 Å². The third kappa shape index (κ3) is 6.95. The van der Waals surface area contributed by atoms with Crippen molar-refractivity contribution < 1.29 is 19.1 Å². The van der Waals surface area contributed by atoms with Gasteiger partial charge in [0.05, 0.1) is 30.4 Å². The summed E-state index contributed by atoms with van der Waals surface area (Å²) in [5.74, 6) is 1.25. The highest BCUT2D eigenvalue weighted by atomic mass is 16.6. The zero-order valence-electron chi connectivity index (χ0n) is 21.0. The van der Waals surface area contributed by atoms with Crippen molar-refractivity contribution in [2.45, 2.75) is 20.0 Å². The average molecular weight is 502 g/mol. The normalized spacial score (nSPS) is 13.5. The summed E-state index contributed by atoms with van der Waals surface area (Å²) in [7, 11) is 0. The molecule has 1 saturated heterocycles. The number of allylic oxidation sites excluding steroid dienone is 1. The Labute approximate surface area is 217 Å². The summed E-state index contributed by atoms with van der Waals surface area (Å²) in [6, 6.07) is 18.4. The molecule has 3 aromatic carbocycles. The van der Waals surface area contributed by atoms with Crippen molar-refractivity contribution >= 4 is 23.3 Å². The van der Waals surface area contributed by atoms with Crippen molar-refractivity contribution in [3.63, 3.8) is 0 Å². The van der Waals surface area contributed by atoms with Gasteiger partial charge in [0.15, 0.2) is 11.5 Å². The maximum atomic E-state index is 10.9. The molecule has 192 valence electrons. The van der Waals surface area contributed by atoms with Crippen LogP contribution >= 0.6 is 0 Å². The van der Waals surface area contributed by atoms with Crippen LogP contribution in [0.3, 0.4) is 0 Å². The number of benzene rings is 3. The highest BCUT2D eigenvalue weighted by molar-refractivity contribution is 5.84. The summed E-state index contributed by atoms with van der Waals surface area (Å²) < 4.78 is 17.5. The third-order valence-corrected chi connectivity index (χ3v) is 5.94. The Morgan fingerprint density at radius 1 is 1.08 bits per heavy atom. The van der Waals surface area contributed by atoms with Gasteiger partial charge in [-0.3, -0.25) is 15.1 Å². The van der Waals surface area contributed by atoms with Gasteiger partial charge in [-0.2, -0.15) is 0 Å². The van der Waals surface area contributed by atoms with Gasteiger partial charge >= 0.3 is 0 Å². The molecule has 0 atom stereocenters. The van der Waals surface area contributed by atoms with Crippen molar-refractivity contribution in [1.82, 2.24) is 0 Å². The molecule has 0 amide bonds. The molecule has 0 spiro atoms. The zero-order valence-corrected chi connectivity index (χ0v) is 21.0. The minimum atomic E-state index is -0.418. The van der Waals surface area contributed by atoms with E-state index in [4.69, 9.17) is 14.2 Å². The van der Waals surface area contributed by atoms with Crippen molar-refractivity contribution in [3.8, 4) is 11.5 Å². The largest absolute Gasteiger partial charge is 0.490 e. The van der Waals surface area contributed by atoms with Gasteiger partial charge in [0.1, 0.15) is 6.61 Å². The molecule has 0 N–H and O–H groups in total. The number of nitrogens with zero attached hydrogens (tertiary/aromatic N) is 3. The standard InChI is InChI=1S/C29H31N3O5/c1-3-5-24-18-23(20-30-25-8-12-26(13-9-25)31-14-16-35-17-15-31)19-28(36-4-2)29(24)37-21-22-6-10-27(11-7-22)32(33)34/h3,6-13,18-20H,1,4-5,14-17,21H2,2H3. The van der Waals surface area contributed by atoms with Crippen LogP contribution in [0.25, 0.3) is 0 Å². The van der Waals surface area contributed by atoms with Gasteiger partial charge < -0.3 is 19.1 Å². The molecule has 3 aromatic rings. The van der Waals surface area contributed by atoms with E-state index in [1.807, 2.05) is 43.5 Å². The van der Waals surface area contributed by atoms with Crippen LogP contribution in [0.1, 0.15) is 23.6 Å². The summed E-state index contributed by atoms with van der Waals surface area (Å²) >= 11 is 0. The maximum Gasteiger partial charge on any atom is 0.269 e. The fraction of sp³-hybridized carbons (Fsp3) is 0.276. The number of hydrogen-bond acceptors (Lipinski definition) is 7. The fourth-order valence-electron chi connectivity index (χ4n) is 4.08. The molecule has 0 unspecified atom stereocenters. The number of anilines is 1. The van der Waals surface area contributed by atoms with Gasteiger partial charge in [0.2, 0.25) is 0 Å². The van der Waals surface area contributed by atoms with E-state index in [1.54, 1.807) is 12.1 Å². The Bertz CT molecular complexity index is 1230. The second kappa shape index (κ2) is 12.7. The van der Waals surface area contributed by atoms with Gasteiger partial charge in [0.25, 0.3) is 5.69 Å². The fourth-order valence-corrected chi connectivity index (χ4v) is 4.08. The van der Waals surface area contributed by atoms with Gasteiger partial charge in [-0.25, -0.2) is 0 Å². The minimum Gasteiger partial charge on any atom is -0.490 e. The lowest BCUT2D eigenvalue weighted by atomic mass is 10.1. The van der Waals surface area contributed by atoms with Crippen LogP contribution in [0.15, 0.2) is 78.3 Å². The number of non-ortho nitro benzene ring substituents is 1. The smallest absolute Gasteiger partial charge is 0.269 e. The molecule has 4 rings (SSSR count). The molecule has 1 aliphatic rings. The third-order valence-electron chi connectivity index (χ3n) is 5.94. The molecule has 8 heteroatoms. The maximum absolute atomic E-state index is 10.9. The average Bonchev–Trinajstić information content (AvgIpc) is 2.93. The predicted octanol–water partition coefficient (Wildman–Crippen LogP) is 5.89. The first kappa shape index (κ1) is 25.9. The number of aliphatic imine (C=N–C) groups is 1. The van der Waals surface area contributed by atoms with Crippen LogP contribution in [-0.2, 0) is 17.8 Å². The van der Waals surface area contributed by atoms with Gasteiger partial charge in [-0.05, 0) is 73.0 Å². The monoisotopic (exact) mass is 501 g/mol. The SMILES string of the molecule is C=CCc1cc(C=Nc2ccc(N3CCOCC3)cc2)cc(OCC)c1OCc1ccc([N+](=O)[O-])cc1. The summed E-state index contributed by atoms with van der Waals surface area (Å²) in [5.41, 5.74) is 4.71. The quantitative estimate of drug-likeness (QED) is 0.141. The second-order valence-corrected chi connectivity index (χ2v) is 8.52. The summed E-state index contributed by atoms with van der Waals surface area (Å²) in [6.45, 7) is 9.83. The molecule has 0 bridgehead atoms. The van der Waals surface area contributed by atoms with E-state index in [9.17, 15) is 10.1 Å². The van der Waals surface area contributed by atoms with Crippen molar-refractivity contribution in [3.05, 3.63) is 100 Å². The molecule has 0 saturated carbocycles. The second-order valence-electron chi connectivity index (χ2n) is 8.52. The van der Waals surface area contributed by atoms with Crippen molar-refractivity contribution in [2.24, 2.45) is 4.99 Å². The Hall–Kier alpha value is -4.17. The van der Waals surface area contributed by atoms with Crippen LogP contribution in [0.2, 0.25) is 0 Å². The van der Waals surface area contributed by atoms with Crippen LogP contribution in [0.4, 0.5) is 17.1 Å². The topological polar surface area (TPSA) is 86.4 Å². The first-order valence-corrected chi connectivity index (χ1v) is 12.3. The Morgan fingerprint density at radius 3 is 2.46 bits per heavy atom. The van der Waals surface area contributed by atoms with Crippen LogP contribution in [0, 0.1) is 10.1 Å². The minimum absolute atomic E-state index is 0.0467. The van der Waals surface area contributed by atoms with Crippen LogP contribution in [0.5, 0.6) is 11.5 Å². The van der Waals surface area contributed by atoms with E-state index in [2.05, 4.69) is 28.6 Å². The summed E-state index contributed by atoms with van der Waals surface area (Å²) in [5, 5.41) is 10.9. The van der Waals surface area contributed by atoms with Crippen LogP contribution in [-0.4, -0.2) is 44.0 Å². The highest BCUT2D eigenvalue weighted by Crippen LogP contribution is 2.34. The summed E-state index contributed by atoms with van der Waals surface area (Å²) in [4.78, 5) is 17.5. The van der Waals surface area contributed by atoms with Crippen LogP contribution < -0.4 is 14.4 Å². The van der Waals surface area contributed by atoms with E-state index in [1.165, 1.54) is 17.8 Å². The number of ether oxygens (including phenoxy) is 3. The Morgan fingerprint density at radius 2 is 1.81 bits per heavy atom. The molecule has 8 nitrogen and oxygen atoms in total. The van der Waals surface area contributed by atoms with E-state index in [0.717, 1.165) is 48.7 Å². The molecule has 37 heavy (non-hydrogen) atoms. The molecule has 0 radical (unpaired) electrons.